The highest BCUT2D eigenvalue weighted by Gasteiger charge is 2.32. The summed E-state index contributed by atoms with van der Waals surface area (Å²) in [5, 5.41) is 0. The lowest BCUT2D eigenvalue weighted by Crippen LogP contribution is -2.36. The Morgan fingerprint density at radius 2 is 2.16 bits per heavy atom. The molecule has 1 heterocycles. The number of aromatic nitrogens is 1. The summed E-state index contributed by atoms with van der Waals surface area (Å²) in [6.07, 6.45) is 4.01. The first-order chi connectivity index (χ1) is 9.10. The van der Waals surface area contributed by atoms with E-state index in [4.69, 9.17) is 16.3 Å². The van der Waals surface area contributed by atoms with Crippen molar-refractivity contribution in [3.05, 3.63) is 23.9 Å². The van der Waals surface area contributed by atoms with E-state index < -0.39 is 0 Å². The fourth-order valence-corrected chi connectivity index (χ4v) is 3.15. The molecular formula is C16H24ClNO. The predicted molar refractivity (Wildman–Crippen MR) is 79.6 cm³/mol. The van der Waals surface area contributed by atoms with Crippen molar-refractivity contribution in [1.82, 2.24) is 4.98 Å². The molecule has 3 unspecified atom stereocenters. The van der Waals surface area contributed by atoms with Gasteiger partial charge in [0.05, 0.1) is 11.6 Å². The first-order valence-electron chi connectivity index (χ1n) is 7.28. The van der Waals surface area contributed by atoms with Gasteiger partial charge in [0.1, 0.15) is 6.10 Å². The van der Waals surface area contributed by atoms with E-state index in [1.54, 1.807) is 0 Å². The zero-order chi connectivity index (χ0) is 13.8. The molecule has 1 fully saturated rings. The molecule has 1 aromatic rings. The summed E-state index contributed by atoms with van der Waals surface area (Å²) in [7, 11) is 0. The van der Waals surface area contributed by atoms with Crippen LogP contribution in [0.5, 0.6) is 5.88 Å². The third kappa shape index (κ3) is 3.85. The quantitative estimate of drug-likeness (QED) is 0.749. The van der Waals surface area contributed by atoms with Crippen molar-refractivity contribution in [2.24, 2.45) is 17.8 Å². The molecule has 3 atom stereocenters. The van der Waals surface area contributed by atoms with Gasteiger partial charge >= 0.3 is 0 Å². The van der Waals surface area contributed by atoms with Crippen molar-refractivity contribution in [3.63, 3.8) is 0 Å². The number of hydrogen-bond acceptors (Lipinski definition) is 2. The summed E-state index contributed by atoms with van der Waals surface area (Å²) in [4.78, 5) is 4.45. The molecule has 0 N–H and O–H groups in total. The summed E-state index contributed by atoms with van der Waals surface area (Å²) in [6, 6.07) is 5.84. The Morgan fingerprint density at radius 3 is 2.84 bits per heavy atom. The Morgan fingerprint density at radius 1 is 1.37 bits per heavy atom. The molecule has 1 aliphatic carbocycles. The Bertz CT molecular complexity index is 407. The van der Waals surface area contributed by atoms with E-state index >= 15 is 0 Å². The molecule has 1 aliphatic rings. The topological polar surface area (TPSA) is 22.1 Å². The maximum Gasteiger partial charge on any atom is 0.213 e. The number of halogens is 1. The Labute approximate surface area is 121 Å². The van der Waals surface area contributed by atoms with Crippen LogP contribution in [0.25, 0.3) is 0 Å². The van der Waals surface area contributed by atoms with Crippen LogP contribution in [0.2, 0.25) is 0 Å². The van der Waals surface area contributed by atoms with Crippen molar-refractivity contribution < 1.29 is 4.74 Å². The average molecular weight is 282 g/mol. The van der Waals surface area contributed by atoms with Crippen molar-refractivity contribution in [3.8, 4) is 5.88 Å². The minimum atomic E-state index is 0.293. The zero-order valence-electron chi connectivity index (χ0n) is 12.1. The Hall–Kier alpha value is -0.760. The van der Waals surface area contributed by atoms with E-state index in [-0.39, 0.29) is 0 Å². The molecule has 19 heavy (non-hydrogen) atoms. The number of rotatable bonds is 4. The second-order valence-corrected chi connectivity index (χ2v) is 6.35. The fourth-order valence-electron chi connectivity index (χ4n) is 3.00. The maximum absolute atomic E-state index is 6.17. The molecule has 0 saturated heterocycles. The normalized spacial score (nSPS) is 27.5. The SMILES string of the molecule is CC1CCC(C(C)C)C(Oc2cccc(CCl)n2)C1. The Balaban J connectivity index is 2.09. The van der Waals surface area contributed by atoms with Gasteiger partial charge in [-0.25, -0.2) is 4.98 Å². The summed E-state index contributed by atoms with van der Waals surface area (Å²) in [5.74, 6) is 3.21. The van der Waals surface area contributed by atoms with Gasteiger partial charge in [0.15, 0.2) is 0 Å². The van der Waals surface area contributed by atoms with Crippen LogP contribution >= 0.6 is 11.6 Å². The third-order valence-electron chi connectivity index (χ3n) is 4.15. The first kappa shape index (κ1) is 14.6. The smallest absolute Gasteiger partial charge is 0.213 e. The molecule has 0 aliphatic heterocycles. The van der Waals surface area contributed by atoms with E-state index in [1.807, 2.05) is 18.2 Å². The minimum Gasteiger partial charge on any atom is -0.474 e. The second kappa shape index (κ2) is 6.60. The fraction of sp³-hybridized carbons (Fsp3) is 0.688. The summed E-state index contributed by atoms with van der Waals surface area (Å²) in [5.41, 5.74) is 0.879. The van der Waals surface area contributed by atoms with Crippen LogP contribution in [0, 0.1) is 17.8 Å². The van der Waals surface area contributed by atoms with E-state index in [0.29, 0.717) is 23.8 Å². The molecule has 0 spiro atoms. The highest BCUT2D eigenvalue weighted by Crippen LogP contribution is 2.35. The molecule has 3 heteroatoms. The lowest BCUT2D eigenvalue weighted by molar-refractivity contribution is 0.0425. The molecular weight excluding hydrogens is 258 g/mol. The van der Waals surface area contributed by atoms with Crippen molar-refractivity contribution in [2.75, 3.05) is 0 Å². The van der Waals surface area contributed by atoms with E-state index in [2.05, 4.69) is 25.8 Å². The van der Waals surface area contributed by atoms with Gasteiger partial charge in [-0.1, -0.05) is 33.3 Å². The molecule has 0 aromatic carbocycles. The van der Waals surface area contributed by atoms with Gasteiger partial charge in [-0.15, -0.1) is 11.6 Å². The van der Waals surface area contributed by atoms with Crippen LogP contribution in [-0.4, -0.2) is 11.1 Å². The van der Waals surface area contributed by atoms with E-state index in [9.17, 15) is 0 Å². The lowest BCUT2D eigenvalue weighted by Gasteiger charge is -2.37. The van der Waals surface area contributed by atoms with Crippen LogP contribution in [0.4, 0.5) is 0 Å². The van der Waals surface area contributed by atoms with Crippen LogP contribution in [0.1, 0.15) is 45.7 Å². The molecule has 1 saturated carbocycles. The van der Waals surface area contributed by atoms with E-state index in [1.165, 1.54) is 12.8 Å². The van der Waals surface area contributed by atoms with Gasteiger partial charge in [-0.3, -0.25) is 0 Å². The molecule has 0 amide bonds. The summed E-state index contributed by atoms with van der Waals surface area (Å²) < 4.78 is 6.17. The van der Waals surface area contributed by atoms with Gasteiger partial charge in [0, 0.05) is 6.07 Å². The predicted octanol–water partition coefficient (Wildman–Crippen LogP) is 4.66. The largest absolute Gasteiger partial charge is 0.474 e. The molecule has 2 nitrogen and oxygen atoms in total. The highest BCUT2D eigenvalue weighted by atomic mass is 35.5. The van der Waals surface area contributed by atoms with Crippen LogP contribution in [-0.2, 0) is 5.88 Å². The van der Waals surface area contributed by atoms with Crippen LogP contribution in [0.15, 0.2) is 18.2 Å². The molecule has 106 valence electrons. The van der Waals surface area contributed by atoms with E-state index in [0.717, 1.165) is 23.9 Å². The van der Waals surface area contributed by atoms with Crippen LogP contribution in [0.3, 0.4) is 0 Å². The van der Waals surface area contributed by atoms with Crippen molar-refractivity contribution in [1.29, 1.82) is 0 Å². The monoisotopic (exact) mass is 281 g/mol. The highest BCUT2D eigenvalue weighted by molar-refractivity contribution is 6.16. The first-order valence-corrected chi connectivity index (χ1v) is 7.82. The third-order valence-corrected chi connectivity index (χ3v) is 4.43. The summed E-state index contributed by atoms with van der Waals surface area (Å²) in [6.45, 7) is 6.90. The Kier molecular flexibility index (Phi) is 5.09. The number of hydrogen-bond donors (Lipinski definition) is 0. The van der Waals surface area contributed by atoms with Gasteiger partial charge in [0.2, 0.25) is 5.88 Å². The van der Waals surface area contributed by atoms with Crippen LogP contribution < -0.4 is 4.74 Å². The van der Waals surface area contributed by atoms with Crippen molar-refractivity contribution >= 4 is 11.6 Å². The number of ether oxygens (including phenoxy) is 1. The van der Waals surface area contributed by atoms with Gasteiger partial charge in [-0.05, 0) is 36.7 Å². The second-order valence-electron chi connectivity index (χ2n) is 6.08. The van der Waals surface area contributed by atoms with Gasteiger partial charge in [-0.2, -0.15) is 0 Å². The lowest BCUT2D eigenvalue weighted by atomic mass is 9.75. The number of pyridine rings is 1. The van der Waals surface area contributed by atoms with Gasteiger partial charge < -0.3 is 4.74 Å². The molecule has 0 bridgehead atoms. The van der Waals surface area contributed by atoms with Gasteiger partial charge in [0.25, 0.3) is 0 Å². The molecule has 0 radical (unpaired) electrons. The van der Waals surface area contributed by atoms with Crippen molar-refractivity contribution in [2.45, 2.75) is 52.0 Å². The standard InChI is InChI=1S/C16H24ClNO/c1-11(2)14-8-7-12(3)9-15(14)19-16-6-4-5-13(10-17)18-16/h4-6,11-12,14-15H,7-10H2,1-3H3. The molecule has 2 rings (SSSR count). The maximum atomic E-state index is 6.17. The zero-order valence-corrected chi connectivity index (χ0v) is 12.9. The number of alkyl halides is 1. The molecule has 1 aromatic heterocycles. The summed E-state index contributed by atoms with van der Waals surface area (Å²) >= 11 is 5.83. The minimum absolute atomic E-state index is 0.293. The average Bonchev–Trinajstić information content (AvgIpc) is 2.38. The number of nitrogens with zero attached hydrogens (tertiary/aromatic N) is 1.